The van der Waals surface area contributed by atoms with Crippen LogP contribution in [0.1, 0.15) is 5.01 Å². The molecule has 0 saturated carbocycles. The van der Waals surface area contributed by atoms with Crippen molar-refractivity contribution >= 4 is 33.9 Å². The molecule has 0 aromatic carbocycles. The van der Waals surface area contributed by atoms with Crippen molar-refractivity contribution in [3.63, 3.8) is 0 Å². The van der Waals surface area contributed by atoms with Crippen LogP contribution in [0.2, 0.25) is 0 Å². The molecule has 2 aromatic rings. The van der Waals surface area contributed by atoms with E-state index in [2.05, 4.69) is 37.8 Å². The lowest BCUT2D eigenvalue weighted by Crippen LogP contribution is -1.80. The number of aryl methyl sites for hydroxylation is 1. The Balaban J connectivity index is 2.46. The molecule has 5 heteroatoms. The highest BCUT2D eigenvalue weighted by atomic mass is 127. The first-order valence-corrected chi connectivity index (χ1v) is 5.56. The van der Waals surface area contributed by atoms with E-state index in [0.717, 1.165) is 19.1 Å². The van der Waals surface area contributed by atoms with Gasteiger partial charge in [0.15, 0.2) is 0 Å². The molecule has 0 atom stereocenters. The maximum atomic E-state index is 4.10. The van der Waals surface area contributed by atoms with Crippen molar-refractivity contribution in [2.75, 3.05) is 0 Å². The zero-order valence-corrected chi connectivity index (χ0v) is 9.83. The summed E-state index contributed by atoms with van der Waals surface area (Å²) in [7, 11) is 0. The topological polar surface area (TPSA) is 38.7 Å². The number of hydrogen-bond donors (Lipinski definition) is 0. The predicted octanol–water partition coefficient (Wildman–Crippen LogP) is 2.51. The third-order valence-corrected chi connectivity index (χ3v) is 2.96. The SMILES string of the molecule is Cc1nnc(-c2cncc(I)c2)s1. The van der Waals surface area contributed by atoms with Gasteiger partial charge in [0.2, 0.25) is 0 Å². The Morgan fingerprint density at radius 2 is 2.15 bits per heavy atom. The van der Waals surface area contributed by atoms with Gasteiger partial charge in [-0.3, -0.25) is 4.98 Å². The number of halogens is 1. The van der Waals surface area contributed by atoms with E-state index >= 15 is 0 Å². The first-order chi connectivity index (χ1) is 6.25. The predicted molar refractivity (Wildman–Crippen MR) is 60.6 cm³/mol. The third-order valence-electron chi connectivity index (χ3n) is 1.48. The second-order valence-corrected chi connectivity index (χ2v) is 4.95. The minimum Gasteiger partial charge on any atom is -0.263 e. The standard InChI is InChI=1S/C8H6IN3S/c1-5-11-12-8(13-5)6-2-7(9)4-10-3-6/h2-4H,1H3. The zero-order valence-electron chi connectivity index (χ0n) is 6.86. The van der Waals surface area contributed by atoms with Crippen molar-refractivity contribution in [2.45, 2.75) is 6.92 Å². The van der Waals surface area contributed by atoms with Gasteiger partial charge in [-0.1, -0.05) is 11.3 Å². The van der Waals surface area contributed by atoms with Gasteiger partial charge in [-0.25, -0.2) is 0 Å². The maximum absolute atomic E-state index is 4.10. The molecule has 0 bridgehead atoms. The van der Waals surface area contributed by atoms with Crippen LogP contribution in [0.5, 0.6) is 0 Å². The minimum absolute atomic E-state index is 0.934. The molecule has 2 rings (SSSR count). The van der Waals surface area contributed by atoms with Crippen LogP contribution in [0.4, 0.5) is 0 Å². The summed E-state index contributed by atoms with van der Waals surface area (Å²) in [5, 5.41) is 9.93. The third kappa shape index (κ3) is 2.02. The molecular weight excluding hydrogens is 297 g/mol. The van der Waals surface area contributed by atoms with Crippen molar-refractivity contribution < 1.29 is 0 Å². The highest BCUT2D eigenvalue weighted by molar-refractivity contribution is 14.1. The van der Waals surface area contributed by atoms with E-state index in [9.17, 15) is 0 Å². The van der Waals surface area contributed by atoms with Crippen LogP contribution in [-0.2, 0) is 0 Å². The Morgan fingerprint density at radius 3 is 2.77 bits per heavy atom. The van der Waals surface area contributed by atoms with Crippen LogP contribution in [0.3, 0.4) is 0 Å². The van der Waals surface area contributed by atoms with Crippen molar-refractivity contribution in [2.24, 2.45) is 0 Å². The first kappa shape index (κ1) is 9.01. The molecule has 66 valence electrons. The average Bonchev–Trinajstić information content (AvgIpc) is 2.52. The van der Waals surface area contributed by atoms with Crippen molar-refractivity contribution in [1.29, 1.82) is 0 Å². The minimum atomic E-state index is 0.934. The Kier molecular flexibility index (Phi) is 2.54. The molecule has 0 aliphatic heterocycles. The molecule has 0 aliphatic rings. The molecule has 0 spiro atoms. The Hall–Kier alpha value is -0.560. The van der Waals surface area contributed by atoms with Crippen LogP contribution >= 0.6 is 33.9 Å². The first-order valence-electron chi connectivity index (χ1n) is 3.67. The van der Waals surface area contributed by atoms with Crippen molar-refractivity contribution in [1.82, 2.24) is 15.2 Å². The summed E-state index contributed by atoms with van der Waals surface area (Å²) in [6.07, 6.45) is 3.63. The lowest BCUT2D eigenvalue weighted by molar-refractivity contribution is 1.05. The molecule has 0 aliphatic carbocycles. The fourth-order valence-corrected chi connectivity index (χ4v) is 2.11. The van der Waals surface area contributed by atoms with E-state index in [-0.39, 0.29) is 0 Å². The fourth-order valence-electron chi connectivity index (χ4n) is 0.942. The summed E-state index contributed by atoms with van der Waals surface area (Å²) < 4.78 is 1.11. The lowest BCUT2D eigenvalue weighted by Gasteiger charge is -1.93. The normalized spacial score (nSPS) is 10.3. The average molecular weight is 303 g/mol. The van der Waals surface area contributed by atoms with Gasteiger partial charge < -0.3 is 0 Å². The van der Waals surface area contributed by atoms with Crippen LogP contribution < -0.4 is 0 Å². The molecule has 0 fully saturated rings. The lowest BCUT2D eigenvalue weighted by atomic mass is 10.3. The van der Waals surface area contributed by atoms with E-state index in [0.29, 0.717) is 0 Å². The number of nitrogens with zero attached hydrogens (tertiary/aromatic N) is 3. The number of rotatable bonds is 1. The highest BCUT2D eigenvalue weighted by Crippen LogP contribution is 2.23. The summed E-state index contributed by atoms with van der Waals surface area (Å²) in [4.78, 5) is 4.10. The van der Waals surface area contributed by atoms with Crippen molar-refractivity contribution in [3.05, 3.63) is 27.0 Å². The van der Waals surface area contributed by atoms with Gasteiger partial charge in [0.1, 0.15) is 10.0 Å². The van der Waals surface area contributed by atoms with E-state index in [4.69, 9.17) is 0 Å². The van der Waals surface area contributed by atoms with Gasteiger partial charge in [0, 0.05) is 21.5 Å². The summed E-state index contributed by atoms with van der Waals surface area (Å²) in [5.74, 6) is 0. The number of aromatic nitrogens is 3. The maximum Gasteiger partial charge on any atom is 0.149 e. The van der Waals surface area contributed by atoms with Gasteiger partial charge in [-0.2, -0.15) is 0 Å². The van der Waals surface area contributed by atoms with E-state index < -0.39 is 0 Å². The Labute approximate surface area is 93.4 Å². The van der Waals surface area contributed by atoms with Crippen LogP contribution in [0, 0.1) is 10.5 Å². The van der Waals surface area contributed by atoms with Gasteiger partial charge in [0.25, 0.3) is 0 Å². The molecule has 13 heavy (non-hydrogen) atoms. The number of pyridine rings is 1. The van der Waals surface area contributed by atoms with Crippen molar-refractivity contribution in [3.8, 4) is 10.6 Å². The molecule has 0 N–H and O–H groups in total. The largest absolute Gasteiger partial charge is 0.263 e. The molecule has 0 radical (unpaired) electrons. The number of hydrogen-bond acceptors (Lipinski definition) is 4. The monoisotopic (exact) mass is 303 g/mol. The summed E-state index contributed by atoms with van der Waals surface area (Å²) in [5.41, 5.74) is 1.04. The summed E-state index contributed by atoms with van der Waals surface area (Å²) in [6.45, 7) is 1.95. The Bertz CT molecular complexity index is 427. The van der Waals surface area contributed by atoms with E-state index in [1.54, 1.807) is 11.3 Å². The molecular formula is C8H6IN3S. The van der Waals surface area contributed by atoms with Gasteiger partial charge >= 0.3 is 0 Å². The van der Waals surface area contributed by atoms with Crippen LogP contribution in [0.25, 0.3) is 10.6 Å². The molecule has 0 saturated heterocycles. The smallest absolute Gasteiger partial charge is 0.149 e. The summed E-state index contributed by atoms with van der Waals surface area (Å²) in [6, 6.07) is 2.05. The zero-order chi connectivity index (χ0) is 9.26. The Morgan fingerprint density at radius 1 is 1.31 bits per heavy atom. The summed E-state index contributed by atoms with van der Waals surface area (Å²) >= 11 is 3.82. The van der Waals surface area contributed by atoms with Crippen LogP contribution in [-0.4, -0.2) is 15.2 Å². The fraction of sp³-hybridized carbons (Fsp3) is 0.125. The quantitative estimate of drug-likeness (QED) is 0.760. The second-order valence-electron chi connectivity index (χ2n) is 2.52. The molecule has 2 aromatic heterocycles. The molecule has 2 heterocycles. The van der Waals surface area contributed by atoms with Gasteiger partial charge in [0.05, 0.1) is 0 Å². The van der Waals surface area contributed by atoms with Gasteiger partial charge in [-0.05, 0) is 35.6 Å². The van der Waals surface area contributed by atoms with Gasteiger partial charge in [-0.15, -0.1) is 10.2 Å². The second kappa shape index (κ2) is 3.67. The highest BCUT2D eigenvalue weighted by Gasteiger charge is 2.03. The van der Waals surface area contributed by atoms with E-state index in [1.165, 1.54) is 0 Å². The molecule has 3 nitrogen and oxygen atoms in total. The molecule has 0 unspecified atom stereocenters. The molecule has 0 amide bonds. The van der Waals surface area contributed by atoms with E-state index in [1.807, 2.05) is 25.4 Å². The van der Waals surface area contributed by atoms with Crippen LogP contribution in [0.15, 0.2) is 18.5 Å².